The number of halogens is 1. The molecular weight excluding hydrogens is 245 g/mol. The van der Waals surface area contributed by atoms with Crippen LogP contribution < -0.4 is 0 Å². The number of hydrogen-bond donors (Lipinski definition) is 1. The van der Waals surface area contributed by atoms with Crippen LogP contribution in [0.1, 0.15) is 10.4 Å². The first-order valence-electron chi connectivity index (χ1n) is 4.84. The molecular formula is C11H10FNO3S. The van der Waals surface area contributed by atoms with E-state index in [1.807, 2.05) is 0 Å². The number of H-pyrrole nitrogens is 1. The van der Waals surface area contributed by atoms with Gasteiger partial charge in [-0.25, -0.2) is 12.8 Å². The molecule has 1 heterocycles. The van der Waals surface area contributed by atoms with Gasteiger partial charge in [0.1, 0.15) is 11.6 Å². The number of Topliss-reactive ketones (excluding diaryl/α,β-unsaturated/α-hetero) is 1. The van der Waals surface area contributed by atoms with Crippen LogP contribution in [0.2, 0.25) is 0 Å². The minimum atomic E-state index is -3.39. The summed E-state index contributed by atoms with van der Waals surface area (Å²) in [5.74, 6) is -1.58. The zero-order valence-electron chi connectivity index (χ0n) is 9.03. The van der Waals surface area contributed by atoms with Gasteiger partial charge in [0.25, 0.3) is 0 Å². The van der Waals surface area contributed by atoms with Crippen molar-refractivity contribution in [3.8, 4) is 0 Å². The molecule has 0 spiro atoms. The van der Waals surface area contributed by atoms with Crippen LogP contribution in [0.5, 0.6) is 0 Å². The number of nitrogens with one attached hydrogen (secondary N) is 1. The zero-order chi connectivity index (χ0) is 12.6. The van der Waals surface area contributed by atoms with Gasteiger partial charge in [0, 0.05) is 28.9 Å². The third-order valence-electron chi connectivity index (χ3n) is 2.34. The van der Waals surface area contributed by atoms with Crippen LogP contribution in [0.4, 0.5) is 4.39 Å². The zero-order valence-corrected chi connectivity index (χ0v) is 9.84. The maximum Gasteiger partial charge on any atom is 0.179 e. The topological polar surface area (TPSA) is 67.0 Å². The summed E-state index contributed by atoms with van der Waals surface area (Å²) in [7, 11) is -3.39. The second-order valence-electron chi connectivity index (χ2n) is 3.89. The van der Waals surface area contributed by atoms with Crippen LogP contribution in [0.15, 0.2) is 24.4 Å². The van der Waals surface area contributed by atoms with E-state index in [0.717, 1.165) is 6.26 Å². The van der Waals surface area contributed by atoms with Gasteiger partial charge in [-0.2, -0.15) is 0 Å². The van der Waals surface area contributed by atoms with Crippen LogP contribution in [-0.2, 0) is 9.84 Å². The summed E-state index contributed by atoms with van der Waals surface area (Å²) in [6, 6.07) is 3.98. The van der Waals surface area contributed by atoms with Crippen LogP contribution >= 0.6 is 0 Å². The summed E-state index contributed by atoms with van der Waals surface area (Å²) in [5, 5.41) is 0.402. The lowest BCUT2D eigenvalue weighted by Crippen LogP contribution is -2.14. The summed E-state index contributed by atoms with van der Waals surface area (Å²) >= 11 is 0. The van der Waals surface area contributed by atoms with Crippen LogP contribution in [0.3, 0.4) is 0 Å². The van der Waals surface area contributed by atoms with Crippen molar-refractivity contribution in [1.82, 2.24) is 4.98 Å². The number of ketones is 1. The standard InChI is InChI=1S/C11H10FNO3S/c1-17(15,16)6-11(14)9-5-13-10-3-2-7(12)4-8(9)10/h2-5,13H,6H2,1H3. The van der Waals surface area contributed by atoms with E-state index in [0.29, 0.717) is 10.9 Å². The number of aromatic amines is 1. The van der Waals surface area contributed by atoms with Crippen molar-refractivity contribution >= 4 is 26.5 Å². The molecule has 17 heavy (non-hydrogen) atoms. The molecule has 0 unspecified atom stereocenters. The lowest BCUT2D eigenvalue weighted by Gasteiger charge is -1.98. The minimum Gasteiger partial charge on any atom is -0.360 e. The Morgan fingerprint density at radius 3 is 2.76 bits per heavy atom. The summed E-state index contributed by atoms with van der Waals surface area (Å²) in [6.45, 7) is 0. The van der Waals surface area contributed by atoms with Crippen molar-refractivity contribution in [3.05, 3.63) is 35.8 Å². The molecule has 4 nitrogen and oxygen atoms in total. The molecule has 0 aliphatic carbocycles. The van der Waals surface area contributed by atoms with Crippen molar-refractivity contribution in [2.75, 3.05) is 12.0 Å². The smallest absolute Gasteiger partial charge is 0.179 e. The summed E-state index contributed by atoms with van der Waals surface area (Å²) in [5.41, 5.74) is 0.799. The molecule has 0 bridgehead atoms. The number of carbonyl (C=O) groups excluding carboxylic acids is 1. The summed E-state index contributed by atoms with van der Waals surface area (Å²) in [6.07, 6.45) is 2.39. The lowest BCUT2D eigenvalue weighted by molar-refractivity contribution is 0.102. The second kappa shape index (κ2) is 3.96. The number of carbonyl (C=O) groups is 1. The fraction of sp³-hybridized carbons (Fsp3) is 0.182. The lowest BCUT2D eigenvalue weighted by atomic mass is 10.1. The first-order chi connectivity index (χ1) is 7.87. The van der Waals surface area contributed by atoms with Gasteiger partial charge in [-0.1, -0.05) is 0 Å². The molecule has 0 aliphatic rings. The van der Waals surface area contributed by atoms with E-state index < -0.39 is 27.2 Å². The maximum absolute atomic E-state index is 13.1. The number of hydrogen-bond acceptors (Lipinski definition) is 3. The van der Waals surface area contributed by atoms with E-state index in [4.69, 9.17) is 0 Å². The molecule has 0 saturated heterocycles. The Hall–Kier alpha value is -1.69. The van der Waals surface area contributed by atoms with Gasteiger partial charge in [-0.15, -0.1) is 0 Å². The molecule has 0 radical (unpaired) electrons. The van der Waals surface area contributed by atoms with Crippen molar-refractivity contribution in [2.24, 2.45) is 0 Å². The summed E-state index contributed by atoms with van der Waals surface area (Å²) in [4.78, 5) is 14.5. The first kappa shape index (κ1) is 11.8. The third-order valence-corrected chi connectivity index (χ3v) is 3.12. The highest BCUT2D eigenvalue weighted by Gasteiger charge is 2.17. The van der Waals surface area contributed by atoms with Gasteiger partial charge in [0.05, 0.1) is 0 Å². The highest BCUT2D eigenvalue weighted by Crippen LogP contribution is 2.20. The molecule has 0 saturated carbocycles. The number of rotatable bonds is 3. The normalized spacial score (nSPS) is 11.9. The Labute approximate surface area is 97.4 Å². The molecule has 90 valence electrons. The van der Waals surface area contributed by atoms with Gasteiger partial charge in [-0.05, 0) is 18.2 Å². The van der Waals surface area contributed by atoms with E-state index in [-0.39, 0.29) is 5.56 Å². The highest BCUT2D eigenvalue weighted by molar-refractivity contribution is 7.91. The fourth-order valence-electron chi connectivity index (χ4n) is 1.64. The van der Waals surface area contributed by atoms with Gasteiger partial charge in [0.2, 0.25) is 0 Å². The predicted octanol–water partition coefficient (Wildman–Crippen LogP) is 1.53. The fourth-order valence-corrected chi connectivity index (χ4v) is 2.27. The van der Waals surface area contributed by atoms with E-state index in [2.05, 4.69) is 4.98 Å². The molecule has 0 amide bonds. The Morgan fingerprint density at radius 2 is 2.12 bits per heavy atom. The second-order valence-corrected chi connectivity index (χ2v) is 6.03. The monoisotopic (exact) mass is 255 g/mol. The molecule has 6 heteroatoms. The number of sulfone groups is 1. The van der Waals surface area contributed by atoms with Crippen molar-refractivity contribution in [2.45, 2.75) is 0 Å². The number of benzene rings is 1. The van der Waals surface area contributed by atoms with E-state index in [9.17, 15) is 17.6 Å². The minimum absolute atomic E-state index is 0.199. The van der Waals surface area contributed by atoms with Crippen molar-refractivity contribution in [3.63, 3.8) is 0 Å². The maximum atomic E-state index is 13.1. The van der Waals surface area contributed by atoms with Gasteiger partial charge in [0.15, 0.2) is 15.6 Å². The van der Waals surface area contributed by atoms with Crippen LogP contribution in [0.25, 0.3) is 10.9 Å². The van der Waals surface area contributed by atoms with Crippen molar-refractivity contribution in [1.29, 1.82) is 0 Å². The number of fused-ring (bicyclic) bond motifs is 1. The molecule has 0 atom stereocenters. The predicted molar refractivity (Wildman–Crippen MR) is 62.3 cm³/mol. The molecule has 2 aromatic rings. The molecule has 1 aromatic heterocycles. The molecule has 0 fully saturated rings. The Balaban J connectivity index is 2.49. The molecule has 0 aliphatic heterocycles. The highest BCUT2D eigenvalue weighted by atomic mass is 32.2. The average molecular weight is 255 g/mol. The van der Waals surface area contributed by atoms with Gasteiger partial charge >= 0.3 is 0 Å². The first-order valence-corrected chi connectivity index (χ1v) is 6.90. The number of aromatic nitrogens is 1. The third kappa shape index (κ3) is 2.52. The SMILES string of the molecule is CS(=O)(=O)CC(=O)c1c[nH]c2ccc(F)cc12. The van der Waals surface area contributed by atoms with Crippen LogP contribution in [-0.4, -0.2) is 31.2 Å². The molecule has 1 N–H and O–H groups in total. The van der Waals surface area contributed by atoms with E-state index >= 15 is 0 Å². The largest absolute Gasteiger partial charge is 0.360 e. The van der Waals surface area contributed by atoms with E-state index in [1.165, 1.54) is 24.4 Å². The Kier molecular flexibility index (Phi) is 2.74. The summed E-state index contributed by atoms with van der Waals surface area (Å²) < 4.78 is 35.1. The Morgan fingerprint density at radius 1 is 1.41 bits per heavy atom. The van der Waals surface area contributed by atoms with Gasteiger partial charge in [-0.3, -0.25) is 4.79 Å². The molecule has 1 aromatic carbocycles. The Bertz CT molecular complexity index is 688. The van der Waals surface area contributed by atoms with Crippen LogP contribution in [0, 0.1) is 5.82 Å². The van der Waals surface area contributed by atoms with E-state index in [1.54, 1.807) is 0 Å². The quantitative estimate of drug-likeness (QED) is 0.846. The van der Waals surface area contributed by atoms with Gasteiger partial charge < -0.3 is 4.98 Å². The molecule has 2 rings (SSSR count). The average Bonchev–Trinajstić information content (AvgIpc) is 2.57. The van der Waals surface area contributed by atoms with Crippen molar-refractivity contribution < 1.29 is 17.6 Å².